The first-order valence-electron chi connectivity index (χ1n) is 14.8. The predicted octanol–water partition coefficient (Wildman–Crippen LogP) is 1.59. The van der Waals surface area contributed by atoms with Gasteiger partial charge in [0.2, 0.25) is 18.2 Å². The topological polar surface area (TPSA) is 107 Å². The zero-order valence-electron chi connectivity index (χ0n) is 24.0. The molecule has 0 spiro atoms. The number of nitrogens with one attached hydrogen (secondary N) is 5. The van der Waals surface area contributed by atoms with E-state index in [-0.39, 0.29) is 58.0 Å². The fourth-order valence-electron chi connectivity index (χ4n) is 7.76. The number of hydrogen-bond donors (Lipinski definition) is 5. The van der Waals surface area contributed by atoms with Crippen molar-refractivity contribution in [3.8, 4) is 0 Å². The number of ether oxygens (including phenoxy) is 1. The van der Waals surface area contributed by atoms with Crippen LogP contribution in [0.4, 0.5) is 8.78 Å². The molecule has 5 rings (SSSR count). The zero-order chi connectivity index (χ0) is 29.6. The van der Waals surface area contributed by atoms with E-state index in [4.69, 9.17) is 27.9 Å². The Hall–Kier alpha value is -0.470. The molecule has 0 saturated carbocycles. The van der Waals surface area contributed by atoms with Gasteiger partial charge in [0.05, 0.1) is 22.9 Å². The molecule has 14 heteroatoms. The Kier molecular flexibility index (Phi) is 10.3. The van der Waals surface area contributed by atoms with E-state index in [1.807, 2.05) is 0 Å². The summed E-state index contributed by atoms with van der Waals surface area (Å²) in [5, 5.41) is 16.0. The third-order valence-corrected chi connectivity index (χ3v) is 12.4. The van der Waals surface area contributed by atoms with Gasteiger partial charge in [0, 0.05) is 62.6 Å². The standard InChI is InChI=1S/C27H44Cl2F2N6O3S/c1-11-5-14(15-6-20(28)33-8-18(15)40-4)16(7-32-11)25(38)36-27-35-17-9-37(10-19(17)41-27)26(39)23-22(29)12(2)21(24(30)31)13(3)34-23/h11-24,27,32-35H,5-10H2,1-4H3,(H,36,38). The first-order chi connectivity index (χ1) is 19.5. The number of rotatable bonds is 6. The number of methoxy groups -OCH3 is 1. The molecule has 0 aromatic rings. The van der Waals surface area contributed by atoms with Crippen LogP contribution in [0.15, 0.2) is 0 Å². The van der Waals surface area contributed by atoms with Gasteiger partial charge >= 0.3 is 0 Å². The average molecular weight is 642 g/mol. The minimum Gasteiger partial charge on any atom is -0.380 e. The summed E-state index contributed by atoms with van der Waals surface area (Å²) in [4.78, 5) is 28.8. The Morgan fingerprint density at radius 1 is 1.05 bits per heavy atom. The van der Waals surface area contributed by atoms with E-state index >= 15 is 0 Å². The van der Waals surface area contributed by atoms with Gasteiger partial charge in [-0.25, -0.2) is 8.78 Å². The Morgan fingerprint density at radius 2 is 1.80 bits per heavy atom. The molecule has 0 radical (unpaired) electrons. The van der Waals surface area contributed by atoms with Gasteiger partial charge in [0.15, 0.2) is 0 Å². The third kappa shape index (κ3) is 6.65. The van der Waals surface area contributed by atoms with Gasteiger partial charge in [-0.3, -0.25) is 20.2 Å². The van der Waals surface area contributed by atoms with Crippen LogP contribution >= 0.6 is 35.0 Å². The smallest absolute Gasteiger partial charge is 0.243 e. The van der Waals surface area contributed by atoms with Gasteiger partial charge in [0.1, 0.15) is 11.5 Å². The van der Waals surface area contributed by atoms with E-state index in [0.717, 1.165) is 12.8 Å². The van der Waals surface area contributed by atoms with Crippen LogP contribution in [0.25, 0.3) is 0 Å². The number of piperidine rings is 3. The molecule has 0 aromatic heterocycles. The summed E-state index contributed by atoms with van der Waals surface area (Å²) in [6.07, 6.45) is -0.849. The van der Waals surface area contributed by atoms with E-state index in [1.165, 1.54) is 0 Å². The van der Waals surface area contributed by atoms with Crippen molar-refractivity contribution >= 4 is 46.8 Å². The van der Waals surface area contributed by atoms with Crippen LogP contribution in [0.5, 0.6) is 0 Å². The molecule has 41 heavy (non-hydrogen) atoms. The second kappa shape index (κ2) is 13.3. The Balaban J connectivity index is 1.16. The van der Waals surface area contributed by atoms with Gasteiger partial charge in [-0.15, -0.1) is 35.0 Å². The molecular weight excluding hydrogens is 597 g/mol. The molecule has 5 aliphatic heterocycles. The number of likely N-dealkylation sites (tertiary alicyclic amines) is 1. The molecule has 5 fully saturated rings. The summed E-state index contributed by atoms with van der Waals surface area (Å²) >= 11 is 14.6. The van der Waals surface area contributed by atoms with Gasteiger partial charge in [-0.1, -0.05) is 6.92 Å². The molecule has 0 aliphatic carbocycles. The Bertz CT molecular complexity index is 947. The number of thioether (sulfide) groups is 1. The molecule has 2 amide bonds. The van der Waals surface area contributed by atoms with E-state index in [2.05, 4.69) is 33.5 Å². The van der Waals surface area contributed by atoms with Crippen molar-refractivity contribution in [1.82, 2.24) is 31.5 Å². The second-order valence-electron chi connectivity index (χ2n) is 12.6. The second-order valence-corrected chi connectivity index (χ2v) is 15.0. The quantitative estimate of drug-likeness (QED) is 0.220. The first-order valence-corrected chi connectivity index (χ1v) is 16.6. The molecule has 5 saturated heterocycles. The number of fused-ring (bicyclic) bond motifs is 1. The van der Waals surface area contributed by atoms with E-state index in [0.29, 0.717) is 32.2 Å². The summed E-state index contributed by atoms with van der Waals surface area (Å²) in [6.45, 7) is 7.83. The molecular formula is C27H44Cl2F2N6O3S. The average Bonchev–Trinajstić information content (AvgIpc) is 3.49. The maximum Gasteiger partial charge on any atom is 0.243 e. The highest BCUT2D eigenvalue weighted by Crippen LogP contribution is 2.39. The number of nitrogens with zero attached hydrogens (tertiary/aromatic N) is 1. The third-order valence-electron chi connectivity index (χ3n) is 10.0. The fourth-order valence-corrected chi connectivity index (χ4v) is 9.81. The number of alkyl halides is 4. The first kappa shape index (κ1) is 31.9. The number of carbonyl (C=O) groups excluding carboxylic acids is 2. The lowest BCUT2D eigenvalue weighted by atomic mass is 9.70. The lowest BCUT2D eigenvalue weighted by Gasteiger charge is -2.45. The minimum absolute atomic E-state index is 0.0101. The number of halogens is 4. The maximum absolute atomic E-state index is 13.6. The summed E-state index contributed by atoms with van der Waals surface area (Å²) in [5.41, 5.74) is -0.380. The Morgan fingerprint density at radius 3 is 2.49 bits per heavy atom. The molecule has 5 N–H and O–H groups in total. The van der Waals surface area contributed by atoms with E-state index < -0.39 is 35.7 Å². The summed E-state index contributed by atoms with van der Waals surface area (Å²) in [5.74, 6) is -1.37. The van der Waals surface area contributed by atoms with Crippen LogP contribution in [-0.2, 0) is 14.3 Å². The highest BCUT2D eigenvalue weighted by atomic mass is 35.5. The highest BCUT2D eigenvalue weighted by Gasteiger charge is 2.51. The minimum atomic E-state index is -2.50. The molecule has 14 atom stereocenters. The van der Waals surface area contributed by atoms with Crippen molar-refractivity contribution in [2.75, 3.05) is 33.3 Å². The van der Waals surface area contributed by atoms with Gasteiger partial charge in [-0.05, 0) is 44.4 Å². The van der Waals surface area contributed by atoms with Crippen LogP contribution < -0.4 is 26.6 Å². The van der Waals surface area contributed by atoms with Crippen LogP contribution in [-0.4, -0.2) is 108 Å². The molecule has 5 aliphatic rings. The number of carbonyl (C=O) groups is 2. The van der Waals surface area contributed by atoms with Crippen LogP contribution in [0, 0.1) is 29.6 Å². The molecule has 234 valence electrons. The van der Waals surface area contributed by atoms with Crippen molar-refractivity contribution in [2.24, 2.45) is 29.6 Å². The van der Waals surface area contributed by atoms with Crippen LogP contribution in [0.3, 0.4) is 0 Å². The summed E-state index contributed by atoms with van der Waals surface area (Å²) in [7, 11) is 1.72. The largest absolute Gasteiger partial charge is 0.380 e. The van der Waals surface area contributed by atoms with Crippen molar-refractivity contribution in [2.45, 2.75) is 91.9 Å². The van der Waals surface area contributed by atoms with Crippen LogP contribution in [0.1, 0.15) is 33.6 Å². The molecule has 14 unspecified atom stereocenters. The van der Waals surface area contributed by atoms with Crippen molar-refractivity contribution in [1.29, 1.82) is 0 Å². The normalized spacial score (nSPS) is 46.9. The van der Waals surface area contributed by atoms with E-state index in [1.54, 1.807) is 37.6 Å². The van der Waals surface area contributed by atoms with Gasteiger partial charge in [-0.2, -0.15) is 0 Å². The lowest BCUT2D eigenvalue weighted by Crippen LogP contribution is -2.63. The summed E-state index contributed by atoms with van der Waals surface area (Å²) < 4.78 is 32.9. The number of amides is 2. The van der Waals surface area contributed by atoms with E-state index in [9.17, 15) is 18.4 Å². The van der Waals surface area contributed by atoms with Gasteiger partial charge in [0.25, 0.3) is 0 Å². The van der Waals surface area contributed by atoms with Gasteiger partial charge < -0.3 is 25.6 Å². The highest BCUT2D eigenvalue weighted by molar-refractivity contribution is 8.00. The zero-order valence-corrected chi connectivity index (χ0v) is 26.3. The molecule has 5 heterocycles. The van der Waals surface area contributed by atoms with Crippen molar-refractivity contribution in [3.63, 3.8) is 0 Å². The molecule has 9 nitrogen and oxygen atoms in total. The molecule has 0 aromatic carbocycles. The fraction of sp³-hybridized carbons (Fsp3) is 0.926. The number of hydrogen-bond acceptors (Lipinski definition) is 8. The predicted molar refractivity (Wildman–Crippen MR) is 157 cm³/mol. The van der Waals surface area contributed by atoms with Crippen molar-refractivity contribution < 1.29 is 23.1 Å². The SMILES string of the molecule is COC1CNC(Cl)CC1C1CC(C)NCC1C(=O)NC1NC2CN(C(=O)C3NC(C)C(C(F)F)C(C)C3Cl)CC2S1. The van der Waals surface area contributed by atoms with Crippen molar-refractivity contribution in [3.05, 3.63) is 0 Å². The molecule has 0 bridgehead atoms. The lowest BCUT2D eigenvalue weighted by molar-refractivity contribution is -0.135. The monoisotopic (exact) mass is 640 g/mol. The maximum atomic E-state index is 13.6. The Labute approximate surface area is 255 Å². The summed E-state index contributed by atoms with van der Waals surface area (Å²) in [6, 6.07) is -0.878. The van der Waals surface area contributed by atoms with Crippen LogP contribution in [0.2, 0.25) is 0 Å².